The van der Waals surface area contributed by atoms with Gasteiger partial charge in [0.05, 0.1) is 25.4 Å². The number of ether oxygens (including phenoxy) is 1. The zero-order valence-electron chi connectivity index (χ0n) is 49.8. The monoisotopic (exact) mass is 1040 g/mol. The number of amides is 1. The Morgan fingerprint density at radius 2 is 0.635 bits per heavy atom. The van der Waals surface area contributed by atoms with E-state index in [4.69, 9.17) is 4.74 Å². The number of aliphatic hydroxyl groups is 2. The number of allylic oxidation sites excluding steroid dienone is 5. The highest BCUT2D eigenvalue weighted by Gasteiger charge is 2.18. The molecule has 2 unspecified atom stereocenters. The van der Waals surface area contributed by atoms with Crippen molar-refractivity contribution in [2.24, 2.45) is 0 Å². The van der Waals surface area contributed by atoms with Crippen molar-refractivity contribution in [3.8, 4) is 0 Å². The van der Waals surface area contributed by atoms with Gasteiger partial charge in [-0.2, -0.15) is 0 Å². The molecule has 0 aliphatic rings. The van der Waals surface area contributed by atoms with Crippen molar-refractivity contribution < 1.29 is 24.5 Å². The van der Waals surface area contributed by atoms with Gasteiger partial charge < -0.3 is 20.3 Å². The van der Waals surface area contributed by atoms with Crippen molar-refractivity contribution in [2.45, 2.75) is 373 Å². The Kier molecular flexibility index (Phi) is 62.0. The first-order valence-electron chi connectivity index (χ1n) is 33.3. The maximum Gasteiger partial charge on any atom is 0.305 e. The van der Waals surface area contributed by atoms with E-state index in [0.29, 0.717) is 19.4 Å². The van der Waals surface area contributed by atoms with Crippen molar-refractivity contribution in [3.05, 3.63) is 36.5 Å². The SMILES string of the molecule is CCCCC/C=C\CCCCCCCC(=O)OCCCCCCCCCCCCCC/C=C\CCCCCCCCCCCCCCCCCCCC(=O)NC(CO)C(O)/C=C/CCCCCCCCCCCC. The molecule has 0 aromatic carbocycles. The Bertz CT molecular complexity index is 1200. The van der Waals surface area contributed by atoms with Crippen molar-refractivity contribution in [1.82, 2.24) is 5.32 Å². The molecule has 6 nitrogen and oxygen atoms in total. The number of hydrogen-bond donors (Lipinski definition) is 3. The molecule has 0 aliphatic carbocycles. The van der Waals surface area contributed by atoms with Crippen LogP contribution in [0, 0.1) is 0 Å². The first-order chi connectivity index (χ1) is 36.5. The molecule has 2 atom stereocenters. The van der Waals surface area contributed by atoms with Crippen LogP contribution in [0.4, 0.5) is 0 Å². The third-order valence-corrected chi connectivity index (χ3v) is 15.4. The Morgan fingerprint density at radius 1 is 0.365 bits per heavy atom. The highest BCUT2D eigenvalue weighted by atomic mass is 16.5. The zero-order valence-corrected chi connectivity index (χ0v) is 49.8. The van der Waals surface area contributed by atoms with Gasteiger partial charge in [0.2, 0.25) is 5.91 Å². The van der Waals surface area contributed by atoms with E-state index in [1.165, 1.54) is 289 Å². The molecule has 0 aliphatic heterocycles. The lowest BCUT2D eigenvalue weighted by molar-refractivity contribution is -0.143. The van der Waals surface area contributed by atoms with E-state index in [-0.39, 0.29) is 18.5 Å². The Balaban J connectivity index is 3.35. The fraction of sp³-hybridized carbons (Fsp3) is 0.882. The number of hydrogen-bond acceptors (Lipinski definition) is 5. The van der Waals surface area contributed by atoms with Crippen molar-refractivity contribution in [1.29, 1.82) is 0 Å². The van der Waals surface area contributed by atoms with E-state index < -0.39 is 12.1 Å². The van der Waals surface area contributed by atoms with Crippen molar-refractivity contribution in [3.63, 3.8) is 0 Å². The van der Waals surface area contributed by atoms with Crippen LogP contribution in [0.15, 0.2) is 36.5 Å². The average Bonchev–Trinajstić information content (AvgIpc) is 3.40. The van der Waals surface area contributed by atoms with E-state index in [9.17, 15) is 19.8 Å². The van der Waals surface area contributed by atoms with E-state index >= 15 is 0 Å². The van der Waals surface area contributed by atoms with Gasteiger partial charge in [0, 0.05) is 12.8 Å². The summed E-state index contributed by atoms with van der Waals surface area (Å²) in [4.78, 5) is 24.5. The maximum atomic E-state index is 12.4. The fourth-order valence-corrected chi connectivity index (χ4v) is 10.3. The topological polar surface area (TPSA) is 95.9 Å². The molecule has 0 aromatic heterocycles. The number of carbonyl (C=O) groups excluding carboxylic acids is 2. The van der Waals surface area contributed by atoms with Crippen molar-refractivity contribution in [2.75, 3.05) is 13.2 Å². The Hall–Kier alpha value is -1.92. The third-order valence-electron chi connectivity index (χ3n) is 15.4. The number of rotatable bonds is 62. The highest BCUT2D eigenvalue weighted by Crippen LogP contribution is 2.18. The van der Waals surface area contributed by atoms with E-state index in [1.54, 1.807) is 6.08 Å². The summed E-state index contributed by atoms with van der Waals surface area (Å²) in [6, 6.07) is -0.624. The lowest BCUT2D eigenvalue weighted by atomic mass is 10.0. The minimum Gasteiger partial charge on any atom is -0.466 e. The van der Waals surface area contributed by atoms with Gasteiger partial charge in [0.15, 0.2) is 0 Å². The number of unbranched alkanes of at least 4 members (excludes halogenated alkanes) is 47. The minimum absolute atomic E-state index is 0.00828. The van der Waals surface area contributed by atoms with Crippen LogP contribution in [-0.2, 0) is 14.3 Å². The molecule has 0 heterocycles. The molecule has 74 heavy (non-hydrogen) atoms. The zero-order chi connectivity index (χ0) is 53.6. The number of carbonyl (C=O) groups is 2. The summed E-state index contributed by atoms with van der Waals surface area (Å²) in [6.45, 7) is 4.89. The summed E-state index contributed by atoms with van der Waals surface area (Å²) in [5.41, 5.74) is 0. The second-order valence-electron chi connectivity index (χ2n) is 22.8. The summed E-state index contributed by atoms with van der Waals surface area (Å²) in [5.74, 6) is -0.0562. The van der Waals surface area contributed by atoms with Crippen LogP contribution in [-0.4, -0.2) is 47.4 Å². The molecule has 6 heteroatoms. The average molecular weight is 1040 g/mol. The van der Waals surface area contributed by atoms with Crippen LogP contribution in [0.2, 0.25) is 0 Å². The molecule has 0 aromatic rings. The Morgan fingerprint density at radius 3 is 0.986 bits per heavy atom. The van der Waals surface area contributed by atoms with E-state index in [1.807, 2.05) is 6.08 Å². The molecule has 436 valence electrons. The molecule has 0 saturated heterocycles. The van der Waals surface area contributed by atoms with Gasteiger partial charge in [0.1, 0.15) is 0 Å². The Labute approximate surface area is 462 Å². The molecule has 0 saturated carbocycles. The van der Waals surface area contributed by atoms with Crippen LogP contribution in [0.3, 0.4) is 0 Å². The van der Waals surface area contributed by atoms with Gasteiger partial charge in [-0.3, -0.25) is 9.59 Å². The summed E-state index contributed by atoms with van der Waals surface area (Å²) in [6.07, 6.45) is 80.8. The van der Waals surface area contributed by atoms with Crippen LogP contribution in [0.25, 0.3) is 0 Å². The van der Waals surface area contributed by atoms with Gasteiger partial charge in [-0.15, -0.1) is 0 Å². The van der Waals surface area contributed by atoms with E-state index in [2.05, 4.69) is 43.5 Å². The van der Waals surface area contributed by atoms with Crippen LogP contribution < -0.4 is 5.32 Å². The predicted molar refractivity (Wildman–Crippen MR) is 324 cm³/mol. The molecular formula is C68H129NO5. The second-order valence-corrected chi connectivity index (χ2v) is 22.8. The molecule has 3 N–H and O–H groups in total. The normalized spacial score (nSPS) is 12.8. The van der Waals surface area contributed by atoms with Gasteiger partial charge in [-0.05, 0) is 83.5 Å². The summed E-state index contributed by atoms with van der Waals surface area (Å²) >= 11 is 0. The molecule has 0 spiro atoms. The first kappa shape index (κ1) is 72.1. The predicted octanol–water partition coefficient (Wildman–Crippen LogP) is 21.1. The molecule has 0 radical (unpaired) electrons. The highest BCUT2D eigenvalue weighted by molar-refractivity contribution is 5.76. The van der Waals surface area contributed by atoms with Crippen LogP contribution in [0.5, 0.6) is 0 Å². The van der Waals surface area contributed by atoms with Crippen LogP contribution in [0.1, 0.15) is 361 Å². The molecule has 0 fully saturated rings. The standard InChI is InChI=1S/C68H129NO5/c1-3-5-7-9-11-13-15-40-44-48-52-56-60-66(71)65(64-70)69-67(72)61-57-53-49-45-41-38-36-34-32-30-28-26-24-22-20-18-17-19-21-23-25-27-29-31-33-35-37-39-43-47-51-55-59-63-74-68(73)62-58-54-50-46-42-16-14-12-10-8-6-4-2/h12,14,21,23,56,60,65-66,70-71H,3-11,13,15-20,22,24-55,57-59,61-64H2,1-2H3,(H,69,72)/b14-12-,23-21-,60-56+. The minimum atomic E-state index is -0.841. The van der Waals surface area contributed by atoms with Crippen LogP contribution >= 0.6 is 0 Å². The maximum absolute atomic E-state index is 12.4. The van der Waals surface area contributed by atoms with E-state index in [0.717, 1.165) is 44.9 Å². The number of nitrogens with one attached hydrogen (secondary N) is 1. The smallest absolute Gasteiger partial charge is 0.305 e. The lowest BCUT2D eigenvalue weighted by Gasteiger charge is -2.20. The summed E-state index contributed by atoms with van der Waals surface area (Å²) in [5, 5.41) is 23.1. The van der Waals surface area contributed by atoms with Gasteiger partial charge >= 0.3 is 5.97 Å². The number of esters is 1. The van der Waals surface area contributed by atoms with Gasteiger partial charge in [0.25, 0.3) is 0 Å². The molecule has 0 bridgehead atoms. The van der Waals surface area contributed by atoms with Crippen molar-refractivity contribution >= 4 is 11.9 Å². The third kappa shape index (κ3) is 59.3. The largest absolute Gasteiger partial charge is 0.466 e. The molecule has 1 amide bonds. The van der Waals surface area contributed by atoms with Gasteiger partial charge in [-0.25, -0.2) is 0 Å². The first-order valence-corrected chi connectivity index (χ1v) is 33.3. The second kappa shape index (κ2) is 63.6. The van der Waals surface area contributed by atoms with Gasteiger partial charge in [-0.1, -0.05) is 301 Å². The molecule has 0 rings (SSSR count). The molecular weight excluding hydrogens is 911 g/mol. The fourth-order valence-electron chi connectivity index (χ4n) is 10.3. The summed E-state index contributed by atoms with van der Waals surface area (Å²) < 4.78 is 5.47. The quantitative estimate of drug-likeness (QED) is 0.0320. The lowest BCUT2D eigenvalue weighted by Crippen LogP contribution is -2.45. The number of aliphatic hydroxyl groups excluding tert-OH is 2. The summed E-state index contributed by atoms with van der Waals surface area (Å²) in [7, 11) is 0.